The van der Waals surface area contributed by atoms with Crippen LogP contribution in [0.4, 0.5) is 0 Å². The number of carbonyl (C=O) groups is 1. The van der Waals surface area contributed by atoms with Crippen LogP contribution >= 0.6 is 0 Å². The van der Waals surface area contributed by atoms with Crippen LogP contribution < -0.4 is 0 Å². The molecule has 1 fully saturated rings. The largest absolute Gasteiger partial charge is 0.339 e. The number of carbonyl (C=O) groups excluding carboxylic acids is 1. The first-order valence-corrected chi connectivity index (χ1v) is 7.13. The summed E-state index contributed by atoms with van der Waals surface area (Å²) in [6, 6.07) is 0.514. The lowest BCUT2D eigenvalue weighted by Gasteiger charge is -2.34. The van der Waals surface area contributed by atoms with Gasteiger partial charge in [-0.15, -0.1) is 0 Å². The minimum absolute atomic E-state index is 0.237. The third-order valence-electron chi connectivity index (χ3n) is 3.62. The smallest absolute Gasteiger partial charge is 0.228 e. The maximum absolute atomic E-state index is 12.5. The molecule has 0 spiro atoms. The normalized spacial score (nSPS) is 17.8. The summed E-state index contributed by atoms with van der Waals surface area (Å²) in [5, 5.41) is 0. The molecule has 0 atom stereocenters. The van der Waals surface area contributed by atoms with Gasteiger partial charge in [0.15, 0.2) is 0 Å². The Morgan fingerprint density at radius 3 is 2.18 bits per heavy atom. The average molecular weight is 239 g/mol. The van der Waals surface area contributed by atoms with E-state index in [1.165, 1.54) is 25.7 Å². The van der Waals surface area contributed by atoms with Crippen molar-refractivity contribution < 1.29 is 4.79 Å². The van der Waals surface area contributed by atoms with E-state index in [4.69, 9.17) is 0 Å². The molecule has 0 heterocycles. The zero-order valence-corrected chi connectivity index (χ0v) is 12.3. The molecule has 0 aromatic heterocycles. The van der Waals surface area contributed by atoms with Gasteiger partial charge in [-0.25, -0.2) is 0 Å². The Morgan fingerprint density at radius 1 is 1.24 bits per heavy atom. The fourth-order valence-electron chi connectivity index (χ4n) is 2.49. The highest BCUT2D eigenvalue weighted by Crippen LogP contribution is 2.28. The van der Waals surface area contributed by atoms with E-state index in [0.29, 0.717) is 17.9 Å². The van der Waals surface area contributed by atoms with E-state index in [9.17, 15) is 4.79 Å². The first-order valence-electron chi connectivity index (χ1n) is 7.13. The van der Waals surface area contributed by atoms with Crippen molar-refractivity contribution >= 4 is 5.91 Å². The van der Waals surface area contributed by atoms with Gasteiger partial charge in [0.1, 0.15) is 0 Å². The van der Waals surface area contributed by atoms with Crippen molar-refractivity contribution in [3.05, 3.63) is 0 Å². The van der Waals surface area contributed by atoms with Crippen molar-refractivity contribution in [2.24, 2.45) is 11.3 Å². The average Bonchev–Trinajstić information content (AvgIpc) is 2.69. The van der Waals surface area contributed by atoms with Crippen LogP contribution in [0.1, 0.15) is 66.7 Å². The van der Waals surface area contributed by atoms with Gasteiger partial charge in [0, 0.05) is 18.0 Å². The van der Waals surface area contributed by atoms with Gasteiger partial charge in [0.2, 0.25) is 5.91 Å². The van der Waals surface area contributed by atoms with Crippen molar-refractivity contribution in [3.63, 3.8) is 0 Å². The summed E-state index contributed by atoms with van der Waals surface area (Å²) in [4.78, 5) is 14.7. The van der Waals surface area contributed by atoms with Gasteiger partial charge >= 0.3 is 0 Å². The Bertz CT molecular complexity index is 246. The van der Waals surface area contributed by atoms with Gasteiger partial charge in [-0.2, -0.15) is 0 Å². The lowest BCUT2D eigenvalue weighted by atomic mass is 9.93. The topological polar surface area (TPSA) is 20.3 Å². The molecular formula is C15H29NO. The zero-order valence-electron chi connectivity index (χ0n) is 12.3. The van der Waals surface area contributed by atoms with Crippen molar-refractivity contribution in [1.82, 2.24) is 4.90 Å². The van der Waals surface area contributed by atoms with Crippen LogP contribution in [0.5, 0.6) is 0 Å². The third kappa shape index (κ3) is 4.33. The summed E-state index contributed by atoms with van der Waals surface area (Å²) in [6.07, 6.45) is 6.12. The predicted molar refractivity (Wildman–Crippen MR) is 72.9 cm³/mol. The summed E-state index contributed by atoms with van der Waals surface area (Å²) in [7, 11) is 0. The molecule has 0 N–H and O–H groups in total. The molecule has 2 nitrogen and oxygen atoms in total. The third-order valence-corrected chi connectivity index (χ3v) is 3.62. The first kappa shape index (κ1) is 14.5. The standard InChI is InChI=1S/C15H29NO/c1-12(2)10-11-16(13-8-6-7-9-13)14(17)15(3,4)5/h12-13H,6-11H2,1-5H3. The Balaban J connectivity index is 2.67. The van der Waals surface area contributed by atoms with E-state index in [1.54, 1.807) is 0 Å². The van der Waals surface area contributed by atoms with Crippen molar-refractivity contribution in [2.75, 3.05) is 6.54 Å². The molecule has 1 saturated carbocycles. The SMILES string of the molecule is CC(C)CCN(C(=O)C(C)(C)C)C1CCCC1. The van der Waals surface area contributed by atoms with E-state index in [2.05, 4.69) is 18.7 Å². The molecule has 0 aromatic rings. The van der Waals surface area contributed by atoms with Gasteiger partial charge in [0.25, 0.3) is 0 Å². The second-order valence-corrected chi connectivity index (χ2v) is 6.87. The number of hydrogen-bond acceptors (Lipinski definition) is 1. The first-order chi connectivity index (χ1) is 7.82. The molecule has 0 unspecified atom stereocenters. The zero-order chi connectivity index (χ0) is 13.1. The highest BCUT2D eigenvalue weighted by molar-refractivity contribution is 5.81. The van der Waals surface area contributed by atoms with Crippen molar-refractivity contribution in [2.45, 2.75) is 72.8 Å². The molecule has 1 aliphatic carbocycles. The number of nitrogens with zero attached hydrogens (tertiary/aromatic N) is 1. The molecule has 100 valence electrons. The van der Waals surface area contributed by atoms with E-state index < -0.39 is 0 Å². The predicted octanol–water partition coefficient (Wildman–Crippen LogP) is 3.85. The van der Waals surface area contributed by atoms with Crippen LogP contribution in [-0.2, 0) is 4.79 Å². The van der Waals surface area contributed by atoms with E-state index >= 15 is 0 Å². The Labute approximate surface area is 107 Å². The molecule has 0 radical (unpaired) electrons. The lowest BCUT2D eigenvalue weighted by Crippen LogP contribution is -2.45. The van der Waals surface area contributed by atoms with E-state index in [-0.39, 0.29) is 5.41 Å². The molecule has 1 amide bonds. The summed E-state index contributed by atoms with van der Waals surface area (Å²) < 4.78 is 0. The molecule has 0 bridgehead atoms. The second-order valence-electron chi connectivity index (χ2n) is 6.87. The molecule has 0 aliphatic heterocycles. The molecule has 0 aromatic carbocycles. The van der Waals surface area contributed by atoms with Gasteiger partial charge in [-0.05, 0) is 25.2 Å². The van der Waals surface area contributed by atoms with Crippen molar-refractivity contribution in [1.29, 1.82) is 0 Å². The van der Waals surface area contributed by atoms with Crippen LogP contribution in [-0.4, -0.2) is 23.4 Å². The van der Waals surface area contributed by atoms with Crippen LogP contribution in [0.2, 0.25) is 0 Å². The lowest BCUT2D eigenvalue weighted by molar-refractivity contribution is -0.142. The molecule has 1 aliphatic rings. The van der Waals surface area contributed by atoms with Gasteiger partial charge < -0.3 is 4.90 Å². The Kier molecular flexibility index (Phi) is 5.03. The number of rotatable bonds is 4. The van der Waals surface area contributed by atoms with Crippen LogP contribution in [0, 0.1) is 11.3 Å². The van der Waals surface area contributed by atoms with Gasteiger partial charge in [-0.3, -0.25) is 4.79 Å². The minimum Gasteiger partial charge on any atom is -0.339 e. The summed E-state index contributed by atoms with van der Waals surface area (Å²) in [5.41, 5.74) is -0.237. The van der Waals surface area contributed by atoms with Crippen molar-refractivity contribution in [3.8, 4) is 0 Å². The summed E-state index contributed by atoms with van der Waals surface area (Å²) >= 11 is 0. The maximum atomic E-state index is 12.5. The molecule has 2 heteroatoms. The molecule has 0 saturated heterocycles. The van der Waals surface area contributed by atoms with Crippen LogP contribution in [0.25, 0.3) is 0 Å². The molecule has 1 rings (SSSR count). The van der Waals surface area contributed by atoms with Crippen LogP contribution in [0.3, 0.4) is 0 Å². The fraction of sp³-hybridized carbons (Fsp3) is 0.933. The van der Waals surface area contributed by atoms with Gasteiger partial charge in [0.05, 0.1) is 0 Å². The number of amides is 1. The number of hydrogen-bond donors (Lipinski definition) is 0. The van der Waals surface area contributed by atoms with E-state index in [0.717, 1.165) is 13.0 Å². The quantitative estimate of drug-likeness (QED) is 0.729. The highest BCUT2D eigenvalue weighted by atomic mass is 16.2. The van der Waals surface area contributed by atoms with E-state index in [1.807, 2.05) is 20.8 Å². The Morgan fingerprint density at radius 2 is 1.76 bits per heavy atom. The monoisotopic (exact) mass is 239 g/mol. The second kappa shape index (κ2) is 5.88. The molecular weight excluding hydrogens is 210 g/mol. The van der Waals surface area contributed by atoms with Gasteiger partial charge in [-0.1, -0.05) is 47.5 Å². The fourth-order valence-corrected chi connectivity index (χ4v) is 2.49. The van der Waals surface area contributed by atoms with Crippen LogP contribution in [0.15, 0.2) is 0 Å². The maximum Gasteiger partial charge on any atom is 0.228 e. The Hall–Kier alpha value is -0.530. The summed E-state index contributed by atoms with van der Waals surface area (Å²) in [6.45, 7) is 11.5. The molecule has 17 heavy (non-hydrogen) atoms. The summed E-state index contributed by atoms with van der Waals surface area (Å²) in [5.74, 6) is 1.01. The minimum atomic E-state index is -0.237. The highest BCUT2D eigenvalue weighted by Gasteiger charge is 2.32.